The maximum atomic E-state index is 11.7. The van der Waals surface area contributed by atoms with Crippen molar-refractivity contribution in [3.8, 4) is 0 Å². The van der Waals surface area contributed by atoms with Crippen molar-refractivity contribution >= 4 is 27.1 Å². The van der Waals surface area contributed by atoms with E-state index in [-0.39, 0.29) is 15.7 Å². The number of hydrogen-bond donors (Lipinski definition) is 0. The summed E-state index contributed by atoms with van der Waals surface area (Å²) >= 11 is 4.80. The first-order chi connectivity index (χ1) is 7.06. The van der Waals surface area contributed by atoms with Gasteiger partial charge in [0.25, 0.3) is 0 Å². The Morgan fingerprint density at radius 2 is 1.93 bits per heavy atom. The highest BCUT2D eigenvalue weighted by molar-refractivity contribution is 7.93. The molecule has 0 unspecified atom stereocenters. The van der Waals surface area contributed by atoms with Crippen LogP contribution in [0.25, 0.3) is 0 Å². The molecule has 5 heteroatoms. The number of thiocarbonyl (C=S) groups is 1. The van der Waals surface area contributed by atoms with E-state index >= 15 is 0 Å². The van der Waals surface area contributed by atoms with Gasteiger partial charge in [-0.2, -0.15) is 0 Å². The highest BCUT2D eigenvalue weighted by atomic mass is 32.2. The van der Waals surface area contributed by atoms with Crippen LogP contribution < -0.4 is 0 Å². The summed E-state index contributed by atoms with van der Waals surface area (Å²) in [6.07, 6.45) is 0. The molecule has 1 rings (SSSR count). The molecule has 0 saturated heterocycles. The average Bonchev–Trinajstić information content (AvgIpc) is 2.18. The van der Waals surface area contributed by atoms with Gasteiger partial charge in [0.1, 0.15) is 5.75 Å². The number of benzene rings is 1. The molecule has 0 aromatic heterocycles. The van der Waals surface area contributed by atoms with Gasteiger partial charge in [0.05, 0.1) is 11.5 Å². The molecule has 0 aliphatic carbocycles. The van der Waals surface area contributed by atoms with Crippen LogP contribution in [0.3, 0.4) is 0 Å². The minimum Gasteiger partial charge on any atom is -0.486 e. The lowest BCUT2D eigenvalue weighted by Gasteiger charge is -2.06. The summed E-state index contributed by atoms with van der Waals surface area (Å²) in [5.41, 5.74) is 0. The molecule has 0 heterocycles. The van der Waals surface area contributed by atoms with Crippen LogP contribution in [-0.2, 0) is 14.6 Å². The van der Waals surface area contributed by atoms with E-state index in [1.807, 2.05) is 0 Å². The molecule has 0 atom stereocenters. The molecule has 0 aliphatic rings. The summed E-state index contributed by atoms with van der Waals surface area (Å²) in [7, 11) is -3.35. The van der Waals surface area contributed by atoms with Crippen LogP contribution in [-0.4, -0.2) is 25.8 Å². The fourth-order valence-electron chi connectivity index (χ4n) is 1.07. The van der Waals surface area contributed by atoms with Gasteiger partial charge in [0.15, 0.2) is 14.9 Å². The summed E-state index contributed by atoms with van der Waals surface area (Å²) in [5.74, 6) is -0.236. The third-order valence-corrected chi connectivity index (χ3v) is 3.79. The van der Waals surface area contributed by atoms with Crippen molar-refractivity contribution in [3.05, 3.63) is 30.3 Å². The van der Waals surface area contributed by atoms with Crippen molar-refractivity contribution in [1.82, 2.24) is 0 Å². The smallest absolute Gasteiger partial charge is 0.186 e. The first kappa shape index (κ1) is 12.1. The highest BCUT2D eigenvalue weighted by Gasteiger charge is 2.16. The third kappa shape index (κ3) is 3.60. The average molecular weight is 244 g/mol. The zero-order valence-corrected chi connectivity index (χ0v) is 9.98. The van der Waals surface area contributed by atoms with E-state index in [9.17, 15) is 8.42 Å². The van der Waals surface area contributed by atoms with E-state index in [0.717, 1.165) is 0 Å². The van der Waals surface area contributed by atoms with Gasteiger partial charge >= 0.3 is 0 Å². The molecular formula is C10H12O3S2. The molecule has 3 nitrogen and oxygen atoms in total. The molecule has 0 amide bonds. The predicted molar refractivity (Wildman–Crippen MR) is 62.7 cm³/mol. The van der Waals surface area contributed by atoms with Crippen LogP contribution in [0.15, 0.2) is 35.2 Å². The Bertz CT molecular complexity index is 423. The van der Waals surface area contributed by atoms with Gasteiger partial charge in [-0.15, -0.1) is 0 Å². The molecule has 0 fully saturated rings. The molecule has 0 aliphatic heterocycles. The van der Waals surface area contributed by atoms with Gasteiger partial charge in [0.2, 0.25) is 0 Å². The van der Waals surface area contributed by atoms with Crippen LogP contribution in [0.5, 0.6) is 0 Å². The molecule has 0 N–H and O–H groups in total. The van der Waals surface area contributed by atoms with Gasteiger partial charge in [-0.1, -0.05) is 18.2 Å². The summed E-state index contributed by atoms with van der Waals surface area (Å²) in [4.78, 5) is 0.270. The Morgan fingerprint density at radius 3 is 2.47 bits per heavy atom. The Labute approximate surface area is 95.0 Å². The van der Waals surface area contributed by atoms with Crippen LogP contribution >= 0.6 is 12.2 Å². The third-order valence-electron chi connectivity index (χ3n) is 1.72. The van der Waals surface area contributed by atoms with Gasteiger partial charge in [-0.05, 0) is 31.3 Å². The standard InChI is InChI=1S/C10H12O3S2/c1-2-13-10(14)8-15(11,12)9-6-4-3-5-7-9/h3-7H,2,8H2,1H3. The second-order valence-corrected chi connectivity index (χ2v) is 5.32. The SMILES string of the molecule is CCOC(=S)CS(=O)(=O)c1ccccc1. The van der Waals surface area contributed by atoms with E-state index in [1.54, 1.807) is 37.3 Å². The zero-order valence-electron chi connectivity index (χ0n) is 8.34. The molecule has 1 aromatic carbocycles. The molecule has 15 heavy (non-hydrogen) atoms. The zero-order chi connectivity index (χ0) is 11.3. The van der Waals surface area contributed by atoms with Gasteiger partial charge in [-0.3, -0.25) is 0 Å². The second kappa shape index (κ2) is 5.23. The topological polar surface area (TPSA) is 43.4 Å². The number of hydrogen-bond acceptors (Lipinski definition) is 4. The van der Waals surface area contributed by atoms with E-state index in [1.165, 1.54) is 0 Å². The van der Waals surface area contributed by atoms with Crippen molar-refractivity contribution in [2.75, 3.05) is 12.4 Å². The Morgan fingerprint density at radius 1 is 1.33 bits per heavy atom. The minimum absolute atomic E-state index is 0.112. The normalized spacial score (nSPS) is 11.0. The second-order valence-electron chi connectivity index (χ2n) is 2.88. The van der Waals surface area contributed by atoms with Crippen LogP contribution in [0.2, 0.25) is 0 Å². The fourth-order valence-corrected chi connectivity index (χ4v) is 2.78. The Balaban J connectivity index is 2.81. The predicted octanol–water partition coefficient (Wildman–Crippen LogP) is 1.82. The maximum Gasteiger partial charge on any atom is 0.186 e. The lowest BCUT2D eigenvalue weighted by atomic mass is 10.4. The van der Waals surface area contributed by atoms with Crippen molar-refractivity contribution < 1.29 is 13.2 Å². The Hall–Kier alpha value is -0.940. The van der Waals surface area contributed by atoms with Crippen LogP contribution in [0.4, 0.5) is 0 Å². The van der Waals surface area contributed by atoms with Crippen LogP contribution in [0, 0.1) is 0 Å². The van der Waals surface area contributed by atoms with Crippen molar-refractivity contribution in [1.29, 1.82) is 0 Å². The lowest BCUT2D eigenvalue weighted by molar-refractivity contribution is 0.334. The Kier molecular flexibility index (Phi) is 4.23. The molecule has 0 spiro atoms. The molecule has 1 aromatic rings. The van der Waals surface area contributed by atoms with Gasteiger partial charge in [0, 0.05) is 0 Å². The maximum absolute atomic E-state index is 11.7. The molecular weight excluding hydrogens is 232 g/mol. The first-order valence-corrected chi connectivity index (χ1v) is 6.55. The molecule has 82 valence electrons. The quantitative estimate of drug-likeness (QED) is 0.758. The summed E-state index contributed by atoms with van der Waals surface area (Å²) in [6, 6.07) is 8.21. The van der Waals surface area contributed by atoms with Crippen molar-refractivity contribution in [3.63, 3.8) is 0 Å². The largest absolute Gasteiger partial charge is 0.486 e. The van der Waals surface area contributed by atoms with Crippen molar-refractivity contribution in [2.45, 2.75) is 11.8 Å². The number of rotatable bonds is 4. The summed E-state index contributed by atoms with van der Waals surface area (Å²) in [6.45, 7) is 2.16. The monoisotopic (exact) mass is 244 g/mol. The van der Waals surface area contributed by atoms with Gasteiger partial charge in [-0.25, -0.2) is 8.42 Å². The number of sulfone groups is 1. The van der Waals surface area contributed by atoms with Gasteiger partial charge < -0.3 is 4.74 Å². The van der Waals surface area contributed by atoms with E-state index in [4.69, 9.17) is 17.0 Å². The van der Waals surface area contributed by atoms with Crippen molar-refractivity contribution in [2.24, 2.45) is 0 Å². The van der Waals surface area contributed by atoms with E-state index in [0.29, 0.717) is 6.61 Å². The summed E-state index contributed by atoms with van der Waals surface area (Å²) in [5, 5.41) is 0.112. The van der Waals surface area contributed by atoms with E-state index < -0.39 is 9.84 Å². The lowest BCUT2D eigenvalue weighted by Crippen LogP contribution is -2.17. The minimum atomic E-state index is -3.35. The van der Waals surface area contributed by atoms with Crippen LogP contribution in [0.1, 0.15) is 6.92 Å². The molecule has 0 radical (unpaired) electrons. The summed E-state index contributed by atoms with van der Waals surface area (Å²) < 4.78 is 28.5. The fraction of sp³-hybridized carbons (Fsp3) is 0.300. The highest BCUT2D eigenvalue weighted by Crippen LogP contribution is 2.10. The molecule has 0 bridgehead atoms. The molecule has 0 saturated carbocycles. The number of ether oxygens (including phenoxy) is 1. The van der Waals surface area contributed by atoms with E-state index in [2.05, 4.69) is 0 Å². The first-order valence-electron chi connectivity index (χ1n) is 4.49.